The van der Waals surface area contributed by atoms with Crippen LogP contribution in [0.3, 0.4) is 0 Å². The summed E-state index contributed by atoms with van der Waals surface area (Å²) >= 11 is 0. The summed E-state index contributed by atoms with van der Waals surface area (Å²) < 4.78 is 26.7. The summed E-state index contributed by atoms with van der Waals surface area (Å²) in [6, 6.07) is 3.78. The van der Waals surface area contributed by atoms with Crippen molar-refractivity contribution in [3.63, 3.8) is 0 Å². The molecule has 0 saturated carbocycles. The lowest BCUT2D eigenvalue weighted by Crippen LogP contribution is -2.50. The molecule has 1 fully saturated rings. The molecule has 2 rings (SSSR count). The number of nitrogens with one attached hydrogen (secondary N) is 1. The molecule has 118 valence electrons. The number of hydrogen-bond acceptors (Lipinski definition) is 5. The zero-order chi connectivity index (χ0) is 15.5. The van der Waals surface area contributed by atoms with Crippen LogP contribution in [0.25, 0.3) is 0 Å². The Kier molecular flexibility index (Phi) is 5.18. The van der Waals surface area contributed by atoms with E-state index in [-0.39, 0.29) is 4.90 Å². The standard InChI is InChI=1S/C14H24N4O2S/c1-4-15-14-6-5-13(11-16-14)21(19,20)18-9-7-17(8-10-18)12(2)3/h5-6,11-12H,4,7-10H2,1-3H3,(H,15,16). The van der Waals surface area contributed by atoms with E-state index < -0.39 is 10.0 Å². The molecule has 1 aliphatic heterocycles. The molecule has 21 heavy (non-hydrogen) atoms. The molecule has 0 aromatic carbocycles. The van der Waals surface area contributed by atoms with Gasteiger partial charge >= 0.3 is 0 Å². The van der Waals surface area contributed by atoms with Crippen LogP contribution >= 0.6 is 0 Å². The Balaban J connectivity index is 2.08. The highest BCUT2D eigenvalue weighted by Crippen LogP contribution is 2.18. The molecule has 1 aliphatic rings. The molecule has 6 nitrogen and oxygen atoms in total. The van der Waals surface area contributed by atoms with Crippen molar-refractivity contribution in [3.8, 4) is 0 Å². The van der Waals surface area contributed by atoms with Gasteiger partial charge in [0, 0.05) is 45.0 Å². The average Bonchev–Trinajstić information content (AvgIpc) is 2.48. The SMILES string of the molecule is CCNc1ccc(S(=O)(=O)N2CCN(C(C)C)CC2)cn1. The van der Waals surface area contributed by atoms with Crippen LogP contribution in [0.1, 0.15) is 20.8 Å². The van der Waals surface area contributed by atoms with E-state index in [1.807, 2.05) is 6.92 Å². The molecule has 1 aromatic heterocycles. The first-order valence-electron chi connectivity index (χ1n) is 7.39. The van der Waals surface area contributed by atoms with Crippen molar-refractivity contribution >= 4 is 15.8 Å². The van der Waals surface area contributed by atoms with Crippen molar-refractivity contribution in [3.05, 3.63) is 18.3 Å². The second-order valence-corrected chi connectivity index (χ2v) is 7.38. The van der Waals surface area contributed by atoms with E-state index in [1.54, 1.807) is 16.4 Å². The lowest BCUT2D eigenvalue weighted by Gasteiger charge is -2.36. The monoisotopic (exact) mass is 312 g/mol. The maximum absolute atomic E-state index is 12.6. The fourth-order valence-electron chi connectivity index (χ4n) is 2.43. The summed E-state index contributed by atoms with van der Waals surface area (Å²) in [6.07, 6.45) is 1.43. The molecule has 2 heterocycles. The number of pyridine rings is 1. The summed E-state index contributed by atoms with van der Waals surface area (Å²) in [7, 11) is -3.43. The number of sulfonamides is 1. The van der Waals surface area contributed by atoms with Crippen molar-refractivity contribution in [2.45, 2.75) is 31.7 Å². The highest BCUT2D eigenvalue weighted by Gasteiger charge is 2.29. The molecule has 1 N–H and O–H groups in total. The topological polar surface area (TPSA) is 65.5 Å². The van der Waals surface area contributed by atoms with Gasteiger partial charge in [-0.05, 0) is 32.9 Å². The first-order valence-corrected chi connectivity index (χ1v) is 8.83. The largest absolute Gasteiger partial charge is 0.370 e. The zero-order valence-corrected chi connectivity index (χ0v) is 13.7. The Morgan fingerprint density at radius 1 is 1.24 bits per heavy atom. The number of hydrogen-bond donors (Lipinski definition) is 1. The van der Waals surface area contributed by atoms with Gasteiger partial charge in [0.2, 0.25) is 10.0 Å². The normalized spacial score (nSPS) is 18.1. The minimum Gasteiger partial charge on any atom is -0.370 e. The first-order chi connectivity index (χ1) is 9.95. The Labute approximate surface area is 127 Å². The number of nitrogens with zero attached hydrogens (tertiary/aromatic N) is 3. The molecule has 1 saturated heterocycles. The number of aromatic nitrogens is 1. The lowest BCUT2D eigenvalue weighted by molar-refractivity contribution is 0.154. The van der Waals surface area contributed by atoms with Gasteiger partial charge in [0.1, 0.15) is 10.7 Å². The van der Waals surface area contributed by atoms with Crippen LogP contribution in [-0.2, 0) is 10.0 Å². The van der Waals surface area contributed by atoms with E-state index in [2.05, 4.69) is 29.0 Å². The molecule has 0 spiro atoms. The number of piperazine rings is 1. The fourth-order valence-corrected chi connectivity index (χ4v) is 3.80. The Bertz CT molecular complexity index is 549. The van der Waals surface area contributed by atoms with Crippen LogP contribution in [-0.4, -0.2) is 61.4 Å². The molecule has 1 aromatic rings. The lowest BCUT2D eigenvalue weighted by atomic mass is 10.3. The Morgan fingerprint density at radius 2 is 1.90 bits per heavy atom. The van der Waals surface area contributed by atoms with E-state index >= 15 is 0 Å². The van der Waals surface area contributed by atoms with E-state index in [0.29, 0.717) is 24.9 Å². The fraction of sp³-hybridized carbons (Fsp3) is 0.643. The summed E-state index contributed by atoms with van der Waals surface area (Å²) in [6.45, 7) is 9.63. The molecule has 0 radical (unpaired) electrons. The van der Waals surface area contributed by atoms with E-state index in [4.69, 9.17) is 0 Å². The number of rotatable bonds is 5. The van der Waals surface area contributed by atoms with Crippen LogP contribution in [0.2, 0.25) is 0 Å². The van der Waals surface area contributed by atoms with Crippen LogP contribution in [0, 0.1) is 0 Å². The summed E-state index contributed by atoms with van der Waals surface area (Å²) in [5.74, 6) is 0.695. The Hall–Kier alpha value is -1.18. The number of anilines is 1. The first kappa shape index (κ1) is 16.2. The van der Waals surface area contributed by atoms with E-state index in [1.165, 1.54) is 6.20 Å². The summed E-state index contributed by atoms with van der Waals surface area (Å²) in [5, 5.41) is 3.06. The highest BCUT2D eigenvalue weighted by molar-refractivity contribution is 7.89. The third-order valence-corrected chi connectivity index (χ3v) is 5.62. The zero-order valence-electron chi connectivity index (χ0n) is 12.9. The molecular formula is C14H24N4O2S. The predicted octanol–water partition coefficient (Wildman–Crippen LogP) is 1.23. The maximum Gasteiger partial charge on any atom is 0.244 e. The molecule has 0 amide bonds. The van der Waals surface area contributed by atoms with Crippen LogP contribution in [0.4, 0.5) is 5.82 Å². The third-order valence-electron chi connectivity index (χ3n) is 3.74. The van der Waals surface area contributed by atoms with Gasteiger partial charge in [0.15, 0.2) is 0 Å². The minimum atomic E-state index is -3.43. The average molecular weight is 312 g/mol. The third kappa shape index (κ3) is 3.72. The van der Waals surface area contributed by atoms with Gasteiger partial charge in [-0.2, -0.15) is 4.31 Å². The van der Waals surface area contributed by atoms with Crippen molar-refractivity contribution in [2.75, 3.05) is 38.0 Å². The molecular weight excluding hydrogens is 288 g/mol. The van der Waals surface area contributed by atoms with Gasteiger partial charge in [-0.25, -0.2) is 13.4 Å². The van der Waals surface area contributed by atoms with Crippen LogP contribution in [0.5, 0.6) is 0 Å². The molecule has 7 heteroatoms. The second kappa shape index (κ2) is 6.72. The van der Waals surface area contributed by atoms with Crippen molar-refractivity contribution < 1.29 is 8.42 Å². The minimum absolute atomic E-state index is 0.266. The van der Waals surface area contributed by atoms with Gasteiger partial charge in [0.05, 0.1) is 0 Å². The van der Waals surface area contributed by atoms with Crippen LogP contribution in [0.15, 0.2) is 23.2 Å². The van der Waals surface area contributed by atoms with Crippen LogP contribution < -0.4 is 5.32 Å². The van der Waals surface area contributed by atoms with Crippen molar-refractivity contribution in [2.24, 2.45) is 0 Å². The predicted molar refractivity (Wildman–Crippen MR) is 83.9 cm³/mol. The quantitative estimate of drug-likeness (QED) is 0.886. The smallest absolute Gasteiger partial charge is 0.244 e. The van der Waals surface area contributed by atoms with Crippen molar-refractivity contribution in [1.29, 1.82) is 0 Å². The van der Waals surface area contributed by atoms with E-state index in [9.17, 15) is 8.42 Å². The molecule has 0 bridgehead atoms. The molecule has 0 atom stereocenters. The molecule has 0 unspecified atom stereocenters. The molecule has 0 aliphatic carbocycles. The van der Waals surface area contributed by atoms with E-state index in [0.717, 1.165) is 19.6 Å². The summed E-state index contributed by atoms with van der Waals surface area (Å²) in [4.78, 5) is 6.70. The van der Waals surface area contributed by atoms with Gasteiger partial charge in [-0.1, -0.05) is 0 Å². The van der Waals surface area contributed by atoms with Gasteiger partial charge in [0.25, 0.3) is 0 Å². The van der Waals surface area contributed by atoms with Crippen molar-refractivity contribution in [1.82, 2.24) is 14.2 Å². The van der Waals surface area contributed by atoms with Gasteiger partial charge in [-0.15, -0.1) is 0 Å². The van der Waals surface area contributed by atoms with Gasteiger partial charge in [-0.3, -0.25) is 4.90 Å². The Morgan fingerprint density at radius 3 is 2.38 bits per heavy atom. The summed E-state index contributed by atoms with van der Waals surface area (Å²) in [5.41, 5.74) is 0. The highest BCUT2D eigenvalue weighted by atomic mass is 32.2. The maximum atomic E-state index is 12.6. The second-order valence-electron chi connectivity index (χ2n) is 5.44. The van der Waals surface area contributed by atoms with Gasteiger partial charge < -0.3 is 5.32 Å².